The monoisotopic (exact) mass is 239 g/mol. The van der Waals surface area contributed by atoms with Crippen LogP contribution in [-0.4, -0.2) is 51.6 Å². The fourth-order valence-electron chi connectivity index (χ4n) is 1.42. The van der Waals surface area contributed by atoms with E-state index in [1.165, 1.54) is 10.9 Å². The Balaban J connectivity index is 1.73. The predicted octanol–water partition coefficient (Wildman–Crippen LogP) is -1.69. The third-order valence-corrected chi connectivity index (χ3v) is 2.55. The van der Waals surface area contributed by atoms with Crippen LogP contribution in [0.2, 0.25) is 0 Å². The molecule has 17 heavy (non-hydrogen) atoms. The SMILES string of the molecule is O=C(O)c1cn(CCNC(=O)C2CNC2)nn1. The zero-order valence-corrected chi connectivity index (χ0v) is 9.09. The number of aromatic carboxylic acids is 1. The van der Waals surface area contributed by atoms with Crippen molar-refractivity contribution in [2.45, 2.75) is 6.54 Å². The maximum Gasteiger partial charge on any atom is 0.358 e. The van der Waals surface area contributed by atoms with E-state index < -0.39 is 5.97 Å². The number of carbonyl (C=O) groups is 2. The van der Waals surface area contributed by atoms with Crippen molar-refractivity contribution in [1.82, 2.24) is 25.6 Å². The minimum Gasteiger partial charge on any atom is -0.476 e. The van der Waals surface area contributed by atoms with Crippen LogP contribution in [0.1, 0.15) is 10.5 Å². The second kappa shape index (κ2) is 4.91. The average molecular weight is 239 g/mol. The van der Waals surface area contributed by atoms with Crippen molar-refractivity contribution in [2.24, 2.45) is 5.92 Å². The van der Waals surface area contributed by atoms with E-state index in [1.54, 1.807) is 0 Å². The standard InChI is InChI=1S/C9H13N5O3/c15-8(6-3-10-4-6)11-1-2-14-5-7(9(16)17)12-13-14/h5-6,10H,1-4H2,(H,11,15)(H,16,17). The minimum atomic E-state index is -1.11. The molecule has 0 radical (unpaired) electrons. The molecule has 1 amide bonds. The van der Waals surface area contributed by atoms with Gasteiger partial charge in [0.1, 0.15) is 0 Å². The van der Waals surface area contributed by atoms with Crippen molar-refractivity contribution in [1.29, 1.82) is 0 Å². The summed E-state index contributed by atoms with van der Waals surface area (Å²) < 4.78 is 1.39. The summed E-state index contributed by atoms with van der Waals surface area (Å²) in [5.41, 5.74) is -0.0977. The first-order valence-corrected chi connectivity index (χ1v) is 5.28. The largest absolute Gasteiger partial charge is 0.476 e. The van der Waals surface area contributed by atoms with Crippen molar-refractivity contribution in [3.8, 4) is 0 Å². The molecule has 1 aliphatic rings. The molecule has 1 saturated heterocycles. The molecule has 0 aliphatic carbocycles. The predicted molar refractivity (Wildman–Crippen MR) is 56.4 cm³/mol. The van der Waals surface area contributed by atoms with E-state index in [4.69, 9.17) is 5.11 Å². The lowest BCUT2D eigenvalue weighted by Gasteiger charge is -2.25. The van der Waals surface area contributed by atoms with E-state index in [1.807, 2.05) is 0 Å². The van der Waals surface area contributed by atoms with Crippen molar-refractivity contribution >= 4 is 11.9 Å². The summed E-state index contributed by atoms with van der Waals surface area (Å²) in [4.78, 5) is 22.0. The van der Waals surface area contributed by atoms with Crippen LogP contribution < -0.4 is 10.6 Å². The molecule has 2 rings (SSSR count). The first-order valence-electron chi connectivity index (χ1n) is 5.28. The van der Waals surface area contributed by atoms with E-state index >= 15 is 0 Å². The summed E-state index contributed by atoms with van der Waals surface area (Å²) in [7, 11) is 0. The highest BCUT2D eigenvalue weighted by Crippen LogP contribution is 2.01. The fraction of sp³-hybridized carbons (Fsp3) is 0.556. The Bertz CT molecular complexity index is 426. The van der Waals surface area contributed by atoms with E-state index in [0.717, 1.165) is 13.1 Å². The molecule has 8 heteroatoms. The van der Waals surface area contributed by atoms with Gasteiger partial charge in [-0.3, -0.25) is 4.79 Å². The topological polar surface area (TPSA) is 109 Å². The Morgan fingerprint density at radius 3 is 2.88 bits per heavy atom. The molecule has 92 valence electrons. The Hall–Kier alpha value is -1.96. The van der Waals surface area contributed by atoms with Gasteiger partial charge in [-0.2, -0.15) is 0 Å². The van der Waals surface area contributed by atoms with Gasteiger partial charge in [0, 0.05) is 19.6 Å². The van der Waals surface area contributed by atoms with Crippen LogP contribution in [0.4, 0.5) is 0 Å². The molecule has 0 bridgehead atoms. The second-order valence-electron chi connectivity index (χ2n) is 3.82. The van der Waals surface area contributed by atoms with Crippen molar-refractivity contribution in [3.63, 3.8) is 0 Å². The Kier molecular flexibility index (Phi) is 3.33. The molecule has 3 N–H and O–H groups in total. The van der Waals surface area contributed by atoms with Crippen LogP contribution in [0.5, 0.6) is 0 Å². The maximum absolute atomic E-state index is 11.4. The lowest BCUT2D eigenvalue weighted by atomic mass is 10.0. The van der Waals surface area contributed by atoms with Gasteiger partial charge in [-0.1, -0.05) is 5.21 Å². The molecule has 0 spiro atoms. The number of amides is 1. The van der Waals surface area contributed by atoms with Gasteiger partial charge >= 0.3 is 5.97 Å². The van der Waals surface area contributed by atoms with Gasteiger partial charge in [-0.25, -0.2) is 9.48 Å². The van der Waals surface area contributed by atoms with Gasteiger partial charge in [-0.05, 0) is 0 Å². The van der Waals surface area contributed by atoms with E-state index in [-0.39, 0.29) is 17.5 Å². The van der Waals surface area contributed by atoms with E-state index in [2.05, 4.69) is 20.9 Å². The highest BCUT2D eigenvalue weighted by molar-refractivity contribution is 5.84. The lowest BCUT2D eigenvalue weighted by molar-refractivity contribution is -0.126. The average Bonchev–Trinajstić information content (AvgIpc) is 2.63. The normalized spacial score (nSPS) is 15.3. The Labute approximate surface area is 97.0 Å². The fourth-order valence-corrected chi connectivity index (χ4v) is 1.42. The molecule has 8 nitrogen and oxygen atoms in total. The highest BCUT2D eigenvalue weighted by Gasteiger charge is 2.24. The molecule has 1 aliphatic heterocycles. The van der Waals surface area contributed by atoms with E-state index in [0.29, 0.717) is 13.1 Å². The minimum absolute atomic E-state index is 0.0160. The van der Waals surface area contributed by atoms with Crippen molar-refractivity contribution < 1.29 is 14.7 Å². The number of carbonyl (C=O) groups excluding carboxylic acids is 1. The smallest absolute Gasteiger partial charge is 0.358 e. The summed E-state index contributed by atoms with van der Waals surface area (Å²) in [6.45, 7) is 2.26. The maximum atomic E-state index is 11.4. The Morgan fingerprint density at radius 2 is 2.35 bits per heavy atom. The number of nitrogens with one attached hydrogen (secondary N) is 2. The zero-order chi connectivity index (χ0) is 12.3. The summed E-state index contributed by atoms with van der Waals surface area (Å²) in [6.07, 6.45) is 1.33. The lowest BCUT2D eigenvalue weighted by Crippen LogP contribution is -2.51. The first-order chi connectivity index (χ1) is 8.16. The van der Waals surface area contributed by atoms with Gasteiger partial charge in [0.05, 0.1) is 18.7 Å². The van der Waals surface area contributed by atoms with Crippen LogP contribution >= 0.6 is 0 Å². The molecule has 0 aromatic carbocycles. The summed E-state index contributed by atoms with van der Waals surface area (Å²) in [6, 6.07) is 0. The van der Waals surface area contributed by atoms with Crippen LogP contribution in [0.15, 0.2) is 6.20 Å². The molecular weight excluding hydrogens is 226 g/mol. The molecule has 2 heterocycles. The summed E-state index contributed by atoms with van der Waals surface area (Å²) >= 11 is 0. The molecule has 0 atom stereocenters. The van der Waals surface area contributed by atoms with Gasteiger partial charge in [0.15, 0.2) is 5.69 Å². The number of nitrogens with zero attached hydrogens (tertiary/aromatic N) is 3. The first kappa shape index (κ1) is 11.5. The van der Waals surface area contributed by atoms with Gasteiger partial charge in [-0.15, -0.1) is 5.10 Å². The molecule has 0 saturated carbocycles. The number of aromatic nitrogens is 3. The van der Waals surface area contributed by atoms with Gasteiger partial charge in [0.2, 0.25) is 5.91 Å². The van der Waals surface area contributed by atoms with Crippen LogP contribution in [-0.2, 0) is 11.3 Å². The number of carboxylic acid groups (broad SMARTS) is 1. The van der Waals surface area contributed by atoms with Crippen LogP contribution in [0.25, 0.3) is 0 Å². The number of hydrogen-bond acceptors (Lipinski definition) is 5. The van der Waals surface area contributed by atoms with Gasteiger partial charge < -0.3 is 15.7 Å². The second-order valence-corrected chi connectivity index (χ2v) is 3.82. The van der Waals surface area contributed by atoms with E-state index in [9.17, 15) is 9.59 Å². The zero-order valence-electron chi connectivity index (χ0n) is 9.09. The van der Waals surface area contributed by atoms with Gasteiger partial charge in [0.25, 0.3) is 0 Å². The summed E-state index contributed by atoms with van der Waals surface area (Å²) in [5, 5.41) is 21.5. The molecule has 0 unspecified atom stereocenters. The van der Waals surface area contributed by atoms with Crippen molar-refractivity contribution in [3.05, 3.63) is 11.9 Å². The molecule has 1 aromatic rings. The Morgan fingerprint density at radius 1 is 1.59 bits per heavy atom. The van der Waals surface area contributed by atoms with Crippen LogP contribution in [0, 0.1) is 5.92 Å². The third-order valence-electron chi connectivity index (χ3n) is 2.55. The molecular formula is C9H13N5O3. The van der Waals surface area contributed by atoms with Crippen LogP contribution in [0.3, 0.4) is 0 Å². The number of carboxylic acids is 1. The van der Waals surface area contributed by atoms with Crippen molar-refractivity contribution in [2.75, 3.05) is 19.6 Å². The third kappa shape index (κ3) is 2.78. The molecule has 1 fully saturated rings. The highest BCUT2D eigenvalue weighted by atomic mass is 16.4. The number of hydrogen-bond donors (Lipinski definition) is 3. The molecule has 1 aromatic heterocycles. The summed E-state index contributed by atoms with van der Waals surface area (Å²) in [5.74, 6) is -1.04. The number of rotatable bonds is 5. The quantitative estimate of drug-likeness (QED) is 0.565.